The Hall–Kier alpha value is -1.45. The summed E-state index contributed by atoms with van der Waals surface area (Å²) in [6, 6.07) is 6.05. The smallest absolute Gasteiger partial charge is 0.302 e. The van der Waals surface area contributed by atoms with E-state index in [1.54, 1.807) is 12.5 Å². The lowest BCUT2D eigenvalue weighted by Gasteiger charge is -2.71. The monoisotopic (exact) mass is 857 g/mol. The number of carbonyl (C=O) groups is 2. The van der Waals surface area contributed by atoms with E-state index in [2.05, 4.69) is 102 Å². The molecule has 1 aromatic rings. The van der Waals surface area contributed by atoms with E-state index >= 15 is 4.79 Å². The molecule has 6 aliphatic rings. The number of thiocarbonyl (C=S) groups is 1. The lowest BCUT2D eigenvalue weighted by molar-refractivity contribution is -0.213. The van der Waals surface area contributed by atoms with Crippen LogP contribution in [0.2, 0.25) is 0 Å². The molecule has 0 bridgehead atoms. The quantitative estimate of drug-likeness (QED) is 0.186. The van der Waals surface area contributed by atoms with Crippen LogP contribution in [0.3, 0.4) is 0 Å². The second-order valence-corrected chi connectivity index (χ2v) is 21.3. The van der Waals surface area contributed by atoms with E-state index in [9.17, 15) is 4.79 Å². The Kier molecular flexibility index (Phi) is 10.2. The summed E-state index contributed by atoms with van der Waals surface area (Å²) < 4.78 is 7.95. The maximum Gasteiger partial charge on any atom is 0.302 e. The molecular formula is C43H61Br2N3O3S. The molecule has 7 rings (SSSR count). The van der Waals surface area contributed by atoms with Crippen molar-refractivity contribution in [2.75, 3.05) is 31.5 Å². The third-order valence-corrected chi connectivity index (χ3v) is 18.2. The number of halogens is 2. The second kappa shape index (κ2) is 13.6. The molecule has 0 spiro atoms. The minimum absolute atomic E-state index is 0.00834. The maximum absolute atomic E-state index is 15.1. The Balaban J connectivity index is 1.13. The van der Waals surface area contributed by atoms with Crippen molar-refractivity contribution in [2.45, 2.75) is 119 Å². The summed E-state index contributed by atoms with van der Waals surface area (Å²) in [4.78, 5) is 31.7. The van der Waals surface area contributed by atoms with Crippen molar-refractivity contribution < 1.29 is 14.3 Å². The van der Waals surface area contributed by atoms with Crippen molar-refractivity contribution in [1.29, 1.82) is 0 Å². The molecule has 6 nitrogen and oxygen atoms in total. The summed E-state index contributed by atoms with van der Waals surface area (Å²) in [5.41, 5.74) is 2.63. The van der Waals surface area contributed by atoms with Gasteiger partial charge in [0.2, 0.25) is 5.91 Å². The standard InChI is InChI=1S/C43H61Br2N3O3S/c1-26-13-18-43(37(50)47-21-23-48(24-22-47)38(52)46-32-11-9-29(44)25-31(32)45)20-19-41(7)30(36(43)27(26)2)10-12-34-40(6)16-15-35(51-28(3)49)39(4,5)33(40)14-17-42(34,41)8/h9-11,25-27,33-36H,12-24H2,1-8H3,(H,46,52)/t26-,27+,33+,34-,35+,36+,40+,41-,42-,43+/m1/s1. The van der Waals surface area contributed by atoms with E-state index in [-0.39, 0.29) is 45.1 Å². The largest absolute Gasteiger partial charge is 0.462 e. The van der Waals surface area contributed by atoms with Crippen LogP contribution < -0.4 is 5.32 Å². The van der Waals surface area contributed by atoms with Gasteiger partial charge in [0.05, 0.1) is 11.1 Å². The summed E-state index contributed by atoms with van der Waals surface area (Å²) in [5.74, 6) is 2.71. The van der Waals surface area contributed by atoms with Crippen LogP contribution in [0.15, 0.2) is 38.8 Å². The molecular weight excluding hydrogens is 798 g/mol. The Morgan fingerprint density at radius 2 is 1.58 bits per heavy atom. The normalized spacial score (nSPS) is 41.0. The topological polar surface area (TPSA) is 61.9 Å². The fraction of sp³-hybridized carbons (Fsp3) is 0.744. The SMILES string of the molecule is CC(=O)O[C@H]1CC[C@]2(C)[C@H]3CC=C4[C@@H]5[C@@H](C)[C@H](C)CC[C@]5(C(=O)N5CCN(C(=S)Nc6ccc(Br)cc6Br)CC5)CC[C@@]4(C)[C@]3(C)CC[C@H]2C1(C)C. The fourth-order valence-corrected chi connectivity index (χ4v) is 14.9. The first-order valence-corrected chi connectivity index (χ1v) is 22.1. The summed E-state index contributed by atoms with van der Waals surface area (Å²) >= 11 is 13.0. The summed E-state index contributed by atoms with van der Waals surface area (Å²) in [6.07, 6.45) is 12.4. The zero-order chi connectivity index (χ0) is 37.6. The van der Waals surface area contributed by atoms with E-state index in [4.69, 9.17) is 17.0 Å². The van der Waals surface area contributed by atoms with E-state index < -0.39 is 0 Å². The molecule has 9 heteroatoms. The van der Waals surface area contributed by atoms with Gasteiger partial charge in [-0.05, 0) is 150 Å². The zero-order valence-corrected chi connectivity index (χ0v) is 36.7. The van der Waals surface area contributed by atoms with Gasteiger partial charge >= 0.3 is 5.97 Å². The lowest BCUT2D eigenvalue weighted by Crippen LogP contribution is -2.66. The van der Waals surface area contributed by atoms with Gasteiger partial charge in [0, 0.05) is 47.5 Å². The summed E-state index contributed by atoms with van der Waals surface area (Å²) in [7, 11) is 0. The van der Waals surface area contributed by atoms with E-state index in [1.165, 1.54) is 12.8 Å². The average Bonchev–Trinajstić information content (AvgIpc) is 3.09. The zero-order valence-electron chi connectivity index (χ0n) is 32.7. The average molecular weight is 860 g/mol. The van der Waals surface area contributed by atoms with Crippen molar-refractivity contribution in [1.82, 2.24) is 9.80 Å². The van der Waals surface area contributed by atoms with Crippen LogP contribution in [0.5, 0.6) is 0 Å². The molecule has 52 heavy (non-hydrogen) atoms. The van der Waals surface area contributed by atoms with Gasteiger partial charge in [0.15, 0.2) is 5.11 Å². The highest BCUT2D eigenvalue weighted by Crippen LogP contribution is 2.76. The fourth-order valence-electron chi connectivity index (χ4n) is 13.5. The first-order chi connectivity index (χ1) is 24.4. The Morgan fingerprint density at radius 3 is 2.25 bits per heavy atom. The number of benzene rings is 1. The number of hydrogen-bond acceptors (Lipinski definition) is 4. The molecule has 0 unspecified atom stereocenters. The van der Waals surface area contributed by atoms with Crippen molar-refractivity contribution in [3.63, 3.8) is 0 Å². The van der Waals surface area contributed by atoms with Crippen LogP contribution in [0.25, 0.3) is 0 Å². The third kappa shape index (κ3) is 5.89. The molecule has 1 aliphatic heterocycles. The highest BCUT2D eigenvalue weighted by atomic mass is 79.9. The van der Waals surface area contributed by atoms with Gasteiger partial charge in [-0.1, -0.05) is 76.0 Å². The van der Waals surface area contributed by atoms with Crippen molar-refractivity contribution in [2.24, 2.45) is 56.7 Å². The minimum atomic E-state index is -0.325. The molecule has 1 saturated heterocycles. The second-order valence-electron chi connectivity index (χ2n) is 19.1. The van der Waals surface area contributed by atoms with Gasteiger partial charge < -0.3 is 19.9 Å². The van der Waals surface area contributed by atoms with Crippen molar-refractivity contribution in [3.8, 4) is 0 Å². The van der Waals surface area contributed by atoms with Crippen LogP contribution in [0.4, 0.5) is 5.69 Å². The maximum atomic E-state index is 15.1. The number of allylic oxidation sites excluding steroid dienone is 2. The highest BCUT2D eigenvalue weighted by molar-refractivity contribution is 9.11. The number of fused-ring (bicyclic) bond motifs is 7. The molecule has 4 saturated carbocycles. The first kappa shape index (κ1) is 38.8. The molecule has 1 N–H and O–H groups in total. The number of amides is 1. The van der Waals surface area contributed by atoms with Crippen LogP contribution in [-0.4, -0.2) is 59.1 Å². The number of hydrogen-bond donors (Lipinski definition) is 1. The first-order valence-electron chi connectivity index (χ1n) is 20.1. The Bertz CT molecular complexity index is 1660. The highest BCUT2D eigenvalue weighted by Gasteiger charge is 2.70. The van der Waals surface area contributed by atoms with Gasteiger partial charge in [0.1, 0.15) is 6.10 Å². The predicted octanol–water partition coefficient (Wildman–Crippen LogP) is 10.6. The number of esters is 1. The van der Waals surface area contributed by atoms with E-state index in [0.717, 1.165) is 72.7 Å². The van der Waals surface area contributed by atoms with Crippen LogP contribution >= 0.6 is 44.1 Å². The van der Waals surface area contributed by atoms with Gasteiger partial charge in [-0.25, -0.2) is 0 Å². The minimum Gasteiger partial charge on any atom is -0.462 e. The number of nitrogens with zero attached hydrogens (tertiary/aromatic N) is 2. The molecule has 5 fully saturated rings. The van der Waals surface area contributed by atoms with Crippen LogP contribution in [-0.2, 0) is 14.3 Å². The molecule has 0 radical (unpaired) electrons. The number of piperazine rings is 1. The van der Waals surface area contributed by atoms with E-state index in [0.29, 0.717) is 47.8 Å². The number of carbonyl (C=O) groups excluding carboxylic acids is 2. The molecule has 286 valence electrons. The molecule has 1 amide bonds. The number of rotatable bonds is 3. The van der Waals surface area contributed by atoms with E-state index in [1.807, 2.05) is 18.2 Å². The molecule has 0 aromatic heterocycles. The molecule has 10 atom stereocenters. The van der Waals surface area contributed by atoms with Crippen molar-refractivity contribution in [3.05, 3.63) is 38.8 Å². The number of ether oxygens (including phenoxy) is 1. The van der Waals surface area contributed by atoms with Crippen LogP contribution in [0.1, 0.15) is 113 Å². The van der Waals surface area contributed by atoms with Gasteiger partial charge in [-0.3, -0.25) is 9.59 Å². The van der Waals surface area contributed by atoms with Crippen LogP contribution in [0, 0.1) is 56.7 Å². The molecule has 1 aromatic carbocycles. The summed E-state index contributed by atoms with van der Waals surface area (Å²) in [5, 5.41) is 4.13. The molecule has 1 heterocycles. The lowest BCUT2D eigenvalue weighted by atomic mass is 9.33. The summed E-state index contributed by atoms with van der Waals surface area (Å²) in [6.45, 7) is 22.0. The van der Waals surface area contributed by atoms with Gasteiger partial charge in [0.25, 0.3) is 0 Å². The Morgan fingerprint density at radius 1 is 0.885 bits per heavy atom. The van der Waals surface area contributed by atoms with Crippen molar-refractivity contribution >= 4 is 66.8 Å². The van der Waals surface area contributed by atoms with Gasteiger partial charge in [-0.15, -0.1) is 0 Å². The predicted molar refractivity (Wildman–Crippen MR) is 221 cm³/mol. The number of anilines is 1. The molecule has 5 aliphatic carbocycles. The van der Waals surface area contributed by atoms with Gasteiger partial charge in [-0.2, -0.15) is 0 Å². The Labute approximate surface area is 335 Å². The number of nitrogens with one attached hydrogen (secondary N) is 1. The third-order valence-electron chi connectivity index (χ3n) is 16.7.